The Hall–Kier alpha value is -2.04. The molecule has 0 spiro atoms. The number of nitrogens with two attached hydrogens (primary N) is 1. The molecule has 4 nitrogen and oxygen atoms in total. The molecule has 2 aromatic carbocycles. The average Bonchev–Trinajstić information content (AvgIpc) is 2.55. The van der Waals surface area contributed by atoms with Gasteiger partial charge in [-0.15, -0.1) is 12.4 Å². The van der Waals surface area contributed by atoms with Crippen molar-refractivity contribution in [2.45, 2.75) is 19.4 Å². The highest BCUT2D eigenvalue weighted by atomic mass is 35.5. The Morgan fingerprint density at radius 1 is 1.17 bits per heavy atom. The van der Waals surface area contributed by atoms with Crippen molar-refractivity contribution in [2.24, 2.45) is 5.73 Å². The lowest BCUT2D eigenvalue weighted by atomic mass is 9.98. The van der Waals surface area contributed by atoms with Gasteiger partial charge in [-0.05, 0) is 30.2 Å². The molecule has 2 aromatic rings. The minimum absolute atomic E-state index is 0. The number of halogens is 1. The third-order valence-corrected chi connectivity index (χ3v) is 3.43. The second-order valence-corrected chi connectivity index (χ2v) is 5.00. The first-order valence-corrected chi connectivity index (χ1v) is 7.49. The van der Waals surface area contributed by atoms with Crippen LogP contribution in [0.5, 0.6) is 5.75 Å². The number of amides is 1. The summed E-state index contributed by atoms with van der Waals surface area (Å²) in [6.07, 6.45) is 0. The monoisotopic (exact) mass is 334 g/mol. The Bertz CT molecular complexity index is 605. The summed E-state index contributed by atoms with van der Waals surface area (Å²) in [5.74, 6) is 0.430. The molecule has 0 saturated heterocycles. The van der Waals surface area contributed by atoms with Crippen molar-refractivity contribution in [3.8, 4) is 5.75 Å². The molecule has 0 heterocycles. The van der Waals surface area contributed by atoms with Crippen LogP contribution in [0.3, 0.4) is 0 Å². The van der Waals surface area contributed by atoms with Crippen LogP contribution in [-0.4, -0.2) is 19.1 Å². The molecule has 0 fully saturated rings. The number of nitrogens with one attached hydrogen (secondary N) is 1. The van der Waals surface area contributed by atoms with Crippen molar-refractivity contribution in [3.05, 3.63) is 65.7 Å². The first-order valence-electron chi connectivity index (χ1n) is 7.49. The number of hydrogen-bond acceptors (Lipinski definition) is 3. The molecule has 124 valence electrons. The Labute approximate surface area is 143 Å². The minimum Gasteiger partial charge on any atom is -0.494 e. The highest BCUT2D eigenvalue weighted by molar-refractivity contribution is 5.85. The topological polar surface area (TPSA) is 64.3 Å². The highest BCUT2D eigenvalue weighted by Gasteiger charge is 2.18. The molecule has 0 aliphatic carbocycles. The van der Waals surface area contributed by atoms with Crippen molar-refractivity contribution in [1.29, 1.82) is 0 Å². The van der Waals surface area contributed by atoms with E-state index < -0.39 is 0 Å². The van der Waals surface area contributed by atoms with Crippen LogP contribution in [0, 0.1) is 0 Å². The van der Waals surface area contributed by atoms with Crippen LogP contribution >= 0.6 is 12.4 Å². The zero-order valence-corrected chi connectivity index (χ0v) is 14.0. The highest BCUT2D eigenvalue weighted by Crippen LogP contribution is 2.16. The lowest BCUT2D eigenvalue weighted by Crippen LogP contribution is -2.33. The second kappa shape index (κ2) is 9.87. The van der Waals surface area contributed by atoms with Gasteiger partial charge >= 0.3 is 0 Å². The van der Waals surface area contributed by atoms with E-state index in [2.05, 4.69) is 5.32 Å². The SMILES string of the molecule is CCOc1cccc(CNC(=O)C(CN)c2ccccc2)c1.Cl. The number of hydrogen-bond donors (Lipinski definition) is 2. The molecule has 1 unspecified atom stereocenters. The molecule has 0 radical (unpaired) electrons. The quantitative estimate of drug-likeness (QED) is 0.818. The summed E-state index contributed by atoms with van der Waals surface area (Å²) in [5, 5.41) is 2.94. The van der Waals surface area contributed by atoms with E-state index in [1.807, 2.05) is 61.5 Å². The van der Waals surface area contributed by atoms with Gasteiger partial charge in [0.15, 0.2) is 0 Å². The van der Waals surface area contributed by atoms with Crippen molar-refractivity contribution in [3.63, 3.8) is 0 Å². The Balaban J connectivity index is 0.00000264. The number of carbonyl (C=O) groups excluding carboxylic acids is 1. The lowest BCUT2D eigenvalue weighted by Gasteiger charge is -2.15. The summed E-state index contributed by atoms with van der Waals surface area (Å²) < 4.78 is 5.46. The van der Waals surface area contributed by atoms with E-state index in [0.29, 0.717) is 13.2 Å². The smallest absolute Gasteiger partial charge is 0.229 e. The number of ether oxygens (including phenoxy) is 1. The number of benzene rings is 2. The molecule has 0 aliphatic rings. The van der Waals surface area contributed by atoms with Crippen LogP contribution in [0.25, 0.3) is 0 Å². The maximum atomic E-state index is 12.3. The average molecular weight is 335 g/mol. The first kappa shape index (κ1) is 19.0. The summed E-state index contributed by atoms with van der Waals surface area (Å²) in [5.41, 5.74) is 7.70. The molecular formula is C18H23ClN2O2. The van der Waals surface area contributed by atoms with E-state index in [4.69, 9.17) is 10.5 Å². The summed E-state index contributed by atoms with van der Waals surface area (Å²) in [7, 11) is 0. The third kappa shape index (κ3) is 5.58. The van der Waals surface area contributed by atoms with Gasteiger partial charge in [-0.3, -0.25) is 4.79 Å². The molecule has 1 amide bonds. The predicted molar refractivity (Wildman–Crippen MR) is 94.9 cm³/mol. The van der Waals surface area contributed by atoms with Gasteiger partial charge in [-0.25, -0.2) is 0 Å². The minimum atomic E-state index is -0.323. The Morgan fingerprint density at radius 2 is 1.91 bits per heavy atom. The van der Waals surface area contributed by atoms with E-state index in [1.165, 1.54) is 0 Å². The molecule has 0 bridgehead atoms. The number of rotatable bonds is 7. The molecule has 0 saturated carbocycles. The number of carbonyl (C=O) groups is 1. The second-order valence-electron chi connectivity index (χ2n) is 5.00. The predicted octanol–water partition coefficient (Wildman–Crippen LogP) is 2.87. The van der Waals surface area contributed by atoms with Gasteiger partial charge in [0.05, 0.1) is 12.5 Å². The molecular weight excluding hydrogens is 312 g/mol. The largest absolute Gasteiger partial charge is 0.494 e. The van der Waals surface area contributed by atoms with Gasteiger partial charge in [0.25, 0.3) is 0 Å². The van der Waals surface area contributed by atoms with Gasteiger partial charge in [-0.2, -0.15) is 0 Å². The Morgan fingerprint density at radius 3 is 2.57 bits per heavy atom. The van der Waals surface area contributed by atoms with Gasteiger partial charge in [0.1, 0.15) is 5.75 Å². The molecule has 2 rings (SSSR count). The van der Waals surface area contributed by atoms with Gasteiger partial charge in [0.2, 0.25) is 5.91 Å². The van der Waals surface area contributed by atoms with Crippen molar-refractivity contribution in [1.82, 2.24) is 5.32 Å². The van der Waals surface area contributed by atoms with Crippen molar-refractivity contribution < 1.29 is 9.53 Å². The fourth-order valence-corrected chi connectivity index (χ4v) is 2.30. The molecule has 5 heteroatoms. The molecule has 3 N–H and O–H groups in total. The van der Waals surface area contributed by atoms with E-state index in [9.17, 15) is 4.79 Å². The van der Waals surface area contributed by atoms with E-state index in [1.54, 1.807) is 0 Å². The first-order chi connectivity index (χ1) is 10.7. The van der Waals surface area contributed by atoms with Gasteiger partial charge < -0.3 is 15.8 Å². The van der Waals surface area contributed by atoms with Crippen LogP contribution in [-0.2, 0) is 11.3 Å². The van der Waals surface area contributed by atoms with Crippen LogP contribution in [0.4, 0.5) is 0 Å². The molecule has 1 atom stereocenters. The normalized spacial score (nSPS) is 11.2. The molecule has 0 aliphatic heterocycles. The summed E-state index contributed by atoms with van der Waals surface area (Å²) in [6, 6.07) is 17.3. The zero-order chi connectivity index (χ0) is 15.8. The van der Waals surface area contributed by atoms with Crippen LogP contribution in [0.1, 0.15) is 24.0 Å². The molecule has 23 heavy (non-hydrogen) atoms. The summed E-state index contributed by atoms with van der Waals surface area (Å²) >= 11 is 0. The van der Waals surface area contributed by atoms with Crippen LogP contribution in [0.2, 0.25) is 0 Å². The van der Waals surface area contributed by atoms with Crippen molar-refractivity contribution >= 4 is 18.3 Å². The zero-order valence-electron chi connectivity index (χ0n) is 13.2. The van der Waals surface area contributed by atoms with E-state index in [-0.39, 0.29) is 30.8 Å². The third-order valence-electron chi connectivity index (χ3n) is 3.43. The van der Waals surface area contributed by atoms with Crippen LogP contribution in [0.15, 0.2) is 54.6 Å². The molecule has 0 aromatic heterocycles. The van der Waals surface area contributed by atoms with Gasteiger partial charge in [0, 0.05) is 13.1 Å². The fraction of sp³-hybridized carbons (Fsp3) is 0.278. The van der Waals surface area contributed by atoms with Crippen LogP contribution < -0.4 is 15.8 Å². The van der Waals surface area contributed by atoms with Gasteiger partial charge in [-0.1, -0.05) is 42.5 Å². The lowest BCUT2D eigenvalue weighted by molar-refractivity contribution is -0.122. The van der Waals surface area contributed by atoms with Crippen molar-refractivity contribution in [2.75, 3.05) is 13.2 Å². The maximum absolute atomic E-state index is 12.3. The summed E-state index contributed by atoms with van der Waals surface area (Å²) in [4.78, 5) is 12.3. The fourth-order valence-electron chi connectivity index (χ4n) is 2.30. The maximum Gasteiger partial charge on any atom is 0.229 e. The van der Waals surface area contributed by atoms with E-state index >= 15 is 0 Å². The standard InChI is InChI=1S/C18H22N2O2.ClH/c1-2-22-16-10-6-7-14(11-16)13-20-18(21)17(12-19)15-8-4-3-5-9-15;/h3-11,17H,2,12-13,19H2,1H3,(H,20,21);1H. The summed E-state index contributed by atoms with van der Waals surface area (Å²) in [6.45, 7) is 3.32. The van der Waals surface area contributed by atoms with E-state index in [0.717, 1.165) is 16.9 Å². The Kier molecular flexibility index (Phi) is 8.16.